The normalized spacial score (nSPS) is 21.0. The minimum Gasteiger partial charge on any atom is -0.385 e. The monoisotopic (exact) mass is 175 g/mol. The van der Waals surface area contributed by atoms with E-state index in [-0.39, 0.29) is 0 Å². The number of rotatable bonds is 1. The molecule has 0 spiro atoms. The van der Waals surface area contributed by atoms with Crippen molar-refractivity contribution in [2.45, 2.75) is 20.3 Å². The lowest BCUT2D eigenvalue weighted by Crippen LogP contribution is -2.26. The van der Waals surface area contributed by atoms with Crippen molar-refractivity contribution in [1.29, 1.82) is 0 Å². The zero-order valence-corrected chi connectivity index (χ0v) is 8.38. The van der Waals surface area contributed by atoms with Gasteiger partial charge < -0.3 is 5.32 Å². The van der Waals surface area contributed by atoms with Crippen LogP contribution in [0, 0.1) is 11.8 Å². The molecule has 70 valence electrons. The van der Waals surface area contributed by atoms with Gasteiger partial charge in [0.05, 0.1) is 0 Å². The van der Waals surface area contributed by atoms with Crippen LogP contribution in [0.2, 0.25) is 0 Å². The molecular formula is C12H17N. The maximum Gasteiger partial charge on any atom is 0.0372 e. The molecule has 0 unspecified atom stereocenters. The molecule has 0 radical (unpaired) electrons. The van der Waals surface area contributed by atoms with Gasteiger partial charge in [0.1, 0.15) is 0 Å². The van der Waals surface area contributed by atoms with Gasteiger partial charge in [0.25, 0.3) is 0 Å². The molecule has 1 heteroatoms. The number of benzene rings is 1. The fourth-order valence-corrected chi connectivity index (χ4v) is 1.94. The van der Waals surface area contributed by atoms with E-state index >= 15 is 0 Å². The van der Waals surface area contributed by atoms with Crippen LogP contribution in [0.5, 0.6) is 0 Å². The molecule has 0 fully saturated rings. The van der Waals surface area contributed by atoms with Crippen molar-refractivity contribution in [2.75, 3.05) is 11.9 Å². The Morgan fingerprint density at radius 2 is 2.08 bits per heavy atom. The van der Waals surface area contributed by atoms with Crippen LogP contribution in [0.15, 0.2) is 24.3 Å². The van der Waals surface area contributed by atoms with E-state index in [2.05, 4.69) is 43.4 Å². The van der Waals surface area contributed by atoms with Gasteiger partial charge in [-0.1, -0.05) is 32.0 Å². The number of nitrogens with one attached hydrogen (secondary N) is 1. The van der Waals surface area contributed by atoms with Crippen molar-refractivity contribution < 1.29 is 0 Å². The first-order valence-corrected chi connectivity index (χ1v) is 5.09. The van der Waals surface area contributed by atoms with Crippen LogP contribution in [0.25, 0.3) is 0 Å². The van der Waals surface area contributed by atoms with Gasteiger partial charge in [-0.15, -0.1) is 0 Å². The van der Waals surface area contributed by atoms with Crippen molar-refractivity contribution in [3.8, 4) is 0 Å². The minimum atomic E-state index is 0.779. The zero-order valence-electron chi connectivity index (χ0n) is 8.38. The quantitative estimate of drug-likeness (QED) is 0.692. The number of anilines is 1. The summed E-state index contributed by atoms with van der Waals surface area (Å²) in [6.07, 6.45) is 1.24. The lowest BCUT2D eigenvalue weighted by atomic mass is 9.86. The van der Waals surface area contributed by atoms with Gasteiger partial charge in [-0.2, -0.15) is 0 Å². The molecule has 2 rings (SSSR count). The van der Waals surface area contributed by atoms with E-state index in [9.17, 15) is 0 Å². The fraction of sp³-hybridized carbons (Fsp3) is 0.500. The van der Waals surface area contributed by atoms with Gasteiger partial charge >= 0.3 is 0 Å². The van der Waals surface area contributed by atoms with E-state index < -0.39 is 0 Å². The third-order valence-corrected chi connectivity index (χ3v) is 3.00. The molecule has 1 aromatic rings. The molecule has 1 atom stereocenters. The molecule has 0 bridgehead atoms. The minimum absolute atomic E-state index is 0.779. The average molecular weight is 175 g/mol. The Balaban J connectivity index is 2.20. The van der Waals surface area contributed by atoms with Crippen molar-refractivity contribution in [1.82, 2.24) is 0 Å². The van der Waals surface area contributed by atoms with E-state index in [0.29, 0.717) is 0 Å². The van der Waals surface area contributed by atoms with Crippen molar-refractivity contribution in [3.63, 3.8) is 0 Å². The summed E-state index contributed by atoms with van der Waals surface area (Å²) in [5, 5.41) is 3.49. The van der Waals surface area contributed by atoms with Crippen LogP contribution in [0.4, 0.5) is 5.69 Å². The van der Waals surface area contributed by atoms with Gasteiger partial charge in [-0.25, -0.2) is 0 Å². The molecule has 0 amide bonds. The highest BCUT2D eigenvalue weighted by Gasteiger charge is 2.19. The second-order valence-corrected chi connectivity index (χ2v) is 4.25. The topological polar surface area (TPSA) is 12.0 Å². The lowest BCUT2D eigenvalue weighted by molar-refractivity contribution is 0.394. The number of fused-ring (bicyclic) bond motifs is 1. The zero-order chi connectivity index (χ0) is 9.26. The molecule has 1 aliphatic rings. The van der Waals surface area contributed by atoms with E-state index in [1.54, 1.807) is 0 Å². The predicted molar refractivity (Wildman–Crippen MR) is 57.0 cm³/mol. The Labute approximate surface area is 80.2 Å². The molecular weight excluding hydrogens is 158 g/mol. The summed E-state index contributed by atoms with van der Waals surface area (Å²) >= 11 is 0. The van der Waals surface area contributed by atoms with Crippen molar-refractivity contribution in [3.05, 3.63) is 29.8 Å². The Morgan fingerprint density at radius 1 is 1.31 bits per heavy atom. The summed E-state index contributed by atoms with van der Waals surface area (Å²) in [6.45, 7) is 5.75. The van der Waals surface area contributed by atoms with E-state index in [1.165, 1.54) is 17.7 Å². The SMILES string of the molecule is CC(C)[C@H]1CNc2ccccc2C1. The Hall–Kier alpha value is -0.980. The highest BCUT2D eigenvalue weighted by atomic mass is 14.9. The number of hydrogen-bond donors (Lipinski definition) is 1. The molecule has 1 N–H and O–H groups in total. The van der Waals surface area contributed by atoms with Crippen LogP contribution in [0.3, 0.4) is 0 Å². The molecule has 1 nitrogen and oxygen atoms in total. The van der Waals surface area contributed by atoms with Crippen LogP contribution >= 0.6 is 0 Å². The summed E-state index contributed by atoms with van der Waals surface area (Å²) in [5.74, 6) is 1.58. The van der Waals surface area contributed by atoms with Gasteiger partial charge in [-0.3, -0.25) is 0 Å². The first kappa shape index (κ1) is 8.61. The van der Waals surface area contributed by atoms with Crippen LogP contribution < -0.4 is 5.32 Å². The second kappa shape index (κ2) is 3.41. The Morgan fingerprint density at radius 3 is 2.85 bits per heavy atom. The third kappa shape index (κ3) is 1.69. The average Bonchev–Trinajstić information content (AvgIpc) is 2.17. The summed E-state index contributed by atoms with van der Waals surface area (Å²) in [4.78, 5) is 0. The molecule has 1 aliphatic heterocycles. The largest absolute Gasteiger partial charge is 0.385 e. The van der Waals surface area contributed by atoms with Crippen LogP contribution in [0.1, 0.15) is 19.4 Å². The third-order valence-electron chi connectivity index (χ3n) is 3.00. The summed E-state index contributed by atoms with van der Waals surface area (Å²) in [7, 11) is 0. The van der Waals surface area contributed by atoms with E-state index in [4.69, 9.17) is 0 Å². The number of hydrogen-bond acceptors (Lipinski definition) is 1. The highest BCUT2D eigenvalue weighted by molar-refractivity contribution is 5.53. The van der Waals surface area contributed by atoms with Gasteiger partial charge in [0, 0.05) is 12.2 Å². The molecule has 1 heterocycles. The molecule has 0 aromatic heterocycles. The van der Waals surface area contributed by atoms with E-state index in [1.807, 2.05) is 0 Å². The van der Waals surface area contributed by atoms with E-state index in [0.717, 1.165) is 18.4 Å². The Bertz CT molecular complexity index is 291. The van der Waals surface area contributed by atoms with Gasteiger partial charge in [0.2, 0.25) is 0 Å². The molecule has 0 saturated heterocycles. The first-order valence-electron chi connectivity index (χ1n) is 5.09. The smallest absolute Gasteiger partial charge is 0.0372 e. The summed E-state index contributed by atoms with van der Waals surface area (Å²) in [5.41, 5.74) is 2.81. The lowest BCUT2D eigenvalue weighted by Gasteiger charge is -2.28. The van der Waals surface area contributed by atoms with Crippen molar-refractivity contribution in [2.24, 2.45) is 11.8 Å². The fourth-order valence-electron chi connectivity index (χ4n) is 1.94. The van der Waals surface area contributed by atoms with Crippen LogP contribution in [-0.2, 0) is 6.42 Å². The van der Waals surface area contributed by atoms with Gasteiger partial charge in [-0.05, 0) is 29.9 Å². The van der Waals surface area contributed by atoms with Crippen molar-refractivity contribution >= 4 is 5.69 Å². The molecule has 0 saturated carbocycles. The van der Waals surface area contributed by atoms with Crippen LogP contribution in [-0.4, -0.2) is 6.54 Å². The summed E-state index contributed by atoms with van der Waals surface area (Å²) in [6, 6.07) is 8.63. The van der Waals surface area contributed by atoms with Gasteiger partial charge in [0.15, 0.2) is 0 Å². The molecule has 13 heavy (non-hydrogen) atoms. The maximum absolute atomic E-state index is 3.49. The Kier molecular flexibility index (Phi) is 2.26. The maximum atomic E-state index is 3.49. The summed E-state index contributed by atoms with van der Waals surface area (Å²) < 4.78 is 0. The standard InChI is InChI=1S/C12H17N/c1-9(2)11-7-10-5-3-4-6-12(10)13-8-11/h3-6,9,11,13H,7-8H2,1-2H3/t11-/m1/s1. The molecule has 1 aromatic carbocycles. The highest BCUT2D eigenvalue weighted by Crippen LogP contribution is 2.27. The number of para-hydroxylation sites is 1. The molecule has 0 aliphatic carbocycles. The first-order chi connectivity index (χ1) is 6.27. The second-order valence-electron chi connectivity index (χ2n) is 4.25. The predicted octanol–water partition coefficient (Wildman–Crippen LogP) is 2.93.